The standard InChI is InChI=1S/C15H12Cl2FNO/c16-11-3-6-13(14(17)9-11)15(20)19-8-7-10-1-4-12(18)5-2-10/h1-6,9H,7-8H2,(H,19,20). The average molecular weight is 312 g/mol. The highest BCUT2D eigenvalue weighted by atomic mass is 35.5. The Kier molecular flexibility index (Phi) is 4.99. The third-order valence-corrected chi connectivity index (χ3v) is 3.34. The normalized spacial score (nSPS) is 10.3. The summed E-state index contributed by atoms with van der Waals surface area (Å²) >= 11 is 11.7. The van der Waals surface area contributed by atoms with E-state index < -0.39 is 0 Å². The molecule has 0 fully saturated rings. The summed E-state index contributed by atoms with van der Waals surface area (Å²) in [6, 6.07) is 10.9. The van der Waals surface area contributed by atoms with E-state index in [0.29, 0.717) is 28.6 Å². The Hall–Kier alpha value is -1.58. The van der Waals surface area contributed by atoms with Gasteiger partial charge in [-0.15, -0.1) is 0 Å². The van der Waals surface area contributed by atoms with Crippen molar-refractivity contribution in [2.24, 2.45) is 0 Å². The van der Waals surface area contributed by atoms with Crippen molar-refractivity contribution in [3.05, 3.63) is 69.5 Å². The topological polar surface area (TPSA) is 29.1 Å². The van der Waals surface area contributed by atoms with Crippen LogP contribution in [0.25, 0.3) is 0 Å². The fourth-order valence-electron chi connectivity index (χ4n) is 1.74. The van der Waals surface area contributed by atoms with Gasteiger partial charge < -0.3 is 5.32 Å². The Morgan fingerprint density at radius 2 is 1.80 bits per heavy atom. The number of hydrogen-bond donors (Lipinski definition) is 1. The van der Waals surface area contributed by atoms with Gasteiger partial charge in [-0.25, -0.2) is 4.39 Å². The predicted molar refractivity (Wildman–Crippen MR) is 78.9 cm³/mol. The van der Waals surface area contributed by atoms with Crippen molar-refractivity contribution in [2.75, 3.05) is 6.54 Å². The molecule has 0 heterocycles. The number of hydrogen-bond acceptors (Lipinski definition) is 1. The molecule has 0 unspecified atom stereocenters. The average Bonchev–Trinajstić information content (AvgIpc) is 2.41. The number of rotatable bonds is 4. The number of amides is 1. The van der Waals surface area contributed by atoms with Gasteiger partial charge in [0, 0.05) is 11.6 Å². The van der Waals surface area contributed by atoms with Gasteiger partial charge in [0.05, 0.1) is 10.6 Å². The molecule has 0 radical (unpaired) electrons. The van der Waals surface area contributed by atoms with Crippen molar-refractivity contribution in [2.45, 2.75) is 6.42 Å². The third-order valence-electron chi connectivity index (χ3n) is 2.79. The Morgan fingerprint density at radius 3 is 2.45 bits per heavy atom. The summed E-state index contributed by atoms with van der Waals surface area (Å²) in [6.45, 7) is 0.448. The molecule has 2 aromatic rings. The molecule has 0 aliphatic heterocycles. The molecule has 104 valence electrons. The van der Waals surface area contributed by atoms with E-state index in [1.165, 1.54) is 18.2 Å². The van der Waals surface area contributed by atoms with Crippen molar-refractivity contribution in [1.82, 2.24) is 5.32 Å². The molecule has 0 bridgehead atoms. The maximum absolute atomic E-state index is 12.7. The first-order chi connectivity index (χ1) is 9.56. The molecule has 5 heteroatoms. The lowest BCUT2D eigenvalue weighted by molar-refractivity contribution is 0.0954. The van der Waals surface area contributed by atoms with Crippen molar-refractivity contribution in [1.29, 1.82) is 0 Å². The highest BCUT2D eigenvalue weighted by Crippen LogP contribution is 2.20. The molecule has 2 aromatic carbocycles. The highest BCUT2D eigenvalue weighted by Gasteiger charge is 2.09. The van der Waals surface area contributed by atoms with Crippen LogP contribution in [-0.4, -0.2) is 12.5 Å². The molecule has 2 rings (SSSR count). The van der Waals surface area contributed by atoms with Gasteiger partial charge in [0.1, 0.15) is 5.82 Å². The molecule has 1 amide bonds. The van der Waals surface area contributed by atoms with Gasteiger partial charge in [-0.1, -0.05) is 35.3 Å². The van der Waals surface area contributed by atoms with Gasteiger partial charge in [-0.2, -0.15) is 0 Å². The smallest absolute Gasteiger partial charge is 0.252 e. The van der Waals surface area contributed by atoms with Gasteiger partial charge in [-0.05, 0) is 42.3 Å². The lowest BCUT2D eigenvalue weighted by Crippen LogP contribution is -2.25. The van der Waals surface area contributed by atoms with Crippen LogP contribution in [0.2, 0.25) is 10.0 Å². The lowest BCUT2D eigenvalue weighted by atomic mass is 10.1. The van der Waals surface area contributed by atoms with Crippen LogP contribution in [0.4, 0.5) is 4.39 Å². The minimum atomic E-state index is -0.272. The van der Waals surface area contributed by atoms with E-state index in [9.17, 15) is 9.18 Å². The fourth-order valence-corrected chi connectivity index (χ4v) is 2.23. The molecule has 0 saturated carbocycles. The zero-order valence-electron chi connectivity index (χ0n) is 10.5. The lowest BCUT2D eigenvalue weighted by Gasteiger charge is -2.07. The van der Waals surface area contributed by atoms with E-state index in [2.05, 4.69) is 5.32 Å². The molecule has 0 aromatic heterocycles. The molecule has 20 heavy (non-hydrogen) atoms. The Balaban J connectivity index is 1.90. The van der Waals surface area contributed by atoms with Crippen LogP contribution in [0.15, 0.2) is 42.5 Å². The number of carbonyl (C=O) groups is 1. The summed E-state index contributed by atoms with van der Waals surface area (Å²) in [4.78, 5) is 11.9. The predicted octanol–water partition coefficient (Wildman–Crippen LogP) is 4.11. The zero-order chi connectivity index (χ0) is 14.5. The van der Waals surface area contributed by atoms with E-state index >= 15 is 0 Å². The molecular formula is C15H12Cl2FNO. The van der Waals surface area contributed by atoms with Crippen LogP contribution >= 0.6 is 23.2 Å². The molecule has 1 N–H and O–H groups in total. The quantitative estimate of drug-likeness (QED) is 0.904. The van der Waals surface area contributed by atoms with Crippen LogP contribution in [0.5, 0.6) is 0 Å². The highest BCUT2D eigenvalue weighted by molar-refractivity contribution is 6.36. The maximum atomic E-state index is 12.7. The van der Waals surface area contributed by atoms with Gasteiger partial charge in [0.15, 0.2) is 0 Å². The SMILES string of the molecule is O=C(NCCc1ccc(F)cc1)c1ccc(Cl)cc1Cl. The summed E-state index contributed by atoms with van der Waals surface area (Å²) in [5, 5.41) is 3.56. The van der Waals surface area contributed by atoms with Crippen LogP contribution in [-0.2, 0) is 6.42 Å². The van der Waals surface area contributed by atoms with E-state index in [0.717, 1.165) is 5.56 Å². The minimum Gasteiger partial charge on any atom is -0.352 e. The van der Waals surface area contributed by atoms with Crippen LogP contribution < -0.4 is 5.32 Å². The third kappa shape index (κ3) is 3.95. The number of nitrogens with one attached hydrogen (secondary N) is 1. The Morgan fingerprint density at radius 1 is 1.10 bits per heavy atom. The van der Waals surface area contributed by atoms with E-state index in [4.69, 9.17) is 23.2 Å². The maximum Gasteiger partial charge on any atom is 0.252 e. The van der Waals surface area contributed by atoms with Crippen molar-refractivity contribution in [3.63, 3.8) is 0 Å². The molecular weight excluding hydrogens is 300 g/mol. The Labute approximate surface area is 126 Å². The first-order valence-corrected chi connectivity index (χ1v) is 6.79. The zero-order valence-corrected chi connectivity index (χ0v) is 12.0. The summed E-state index contributed by atoms with van der Waals surface area (Å²) in [5.41, 5.74) is 1.34. The van der Waals surface area contributed by atoms with Crippen molar-refractivity contribution < 1.29 is 9.18 Å². The Bertz CT molecular complexity index is 614. The number of halogens is 3. The fraction of sp³-hybridized carbons (Fsp3) is 0.133. The molecule has 0 atom stereocenters. The van der Waals surface area contributed by atoms with Crippen LogP contribution in [0.1, 0.15) is 15.9 Å². The number of carbonyl (C=O) groups excluding carboxylic acids is 1. The van der Waals surface area contributed by atoms with E-state index in [1.54, 1.807) is 24.3 Å². The number of benzene rings is 2. The second kappa shape index (κ2) is 6.73. The van der Waals surface area contributed by atoms with Gasteiger partial charge >= 0.3 is 0 Å². The van der Waals surface area contributed by atoms with Gasteiger partial charge in [0.25, 0.3) is 5.91 Å². The molecule has 0 spiro atoms. The largest absolute Gasteiger partial charge is 0.352 e. The van der Waals surface area contributed by atoms with Crippen LogP contribution in [0, 0.1) is 5.82 Å². The van der Waals surface area contributed by atoms with Gasteiger partial charge in [-0.3, -0.25) is 4.79 Å². The summed E-state index contributed by atoms with van der Waals surface area (Å²) in [7, 11) is 0. The first kappa shape index (κ1) is 14.8. The first-order valence-electron chi connectivity index (χ1n) is 6.04. The second-order valence-electron chi connectivity index (χ2n) is 4.26. The molecule has 0 aliphatic carbocycles. The van der Waals surface area contributed by atoms with Crippen LogP contribution in [0.3, 0.4) is 0 Å². The summed E-state index contributed by atoms with van der Waals surface area (Å²) < 4.78 is 12.7. The molecule has 0 saturated heterocycles. The summed E-state index contributed by atoms with van der Waals surface area (Å²) in [5.74, 6) is -0.528. The van der Waals surface area contributed by atoms with Gasteiger partial charge in [0.2, 0.25) is 0 Å². The molecule has 0 aliphatic rings. The van der Waals surface area contributed by atoms with E-state index in [1.807, 2.05) is 0 Å². The second-order valence-corrected chi connectivity index (χ2v) is 5.10. The van der Waals surface area contributed by atoms with Crippen molar-refractivity contribution >= 4 is 29.1 Å². The van der Waals surface area contributed by atoms with Crippen molar-refractivity contribution in [3.8, 4) is 0 Å². The molecule has 2 nitrogen and oxygen atoms in total. The monoisotopic (exact) mass is 311 g/mol. The van der Waals surface area contributed by atoms with E-state index in [-0.39, 0.29) is 11.7 Å². The minimum absolute atomic E-state index is 0.256. The summed E-state index contributed by atoms with van der Waals surface area (Å²) in [6.07, 6.45) is 0.622.